The Bertz CT molecular complexity index is 914. The van der Waals surface area contributed by atoms with Gasteiger partial charge in [-0.1, -0.05) is 159 Å². The molecule has 0 atom stereocenters. The van der Waals surface area contributed by atoms with Crippen molar-refractivity contribution in [1.82, 2.24) is 0 Å². The summed E-state index contributed by atoms with van der Waals surface area (Å²) in [7, 11) is -2.41. The Balaban J connectivity index is 1.91. The summed E-state index contributed by atoms with van der Waals surface area (Å²) in [5.41, 5.74) is 5.64. The molecule has 0 saturated carbocycles. The van der Waals surface area contributed by atoms with E-state index in [9.17, 15) is 9.79 Å². The Labute approximate surface area is 267 Å². The molecule has 0 aliphatic heterocycles. The Morgan fingerprint density at radius 1 is 0.465 bits per heavy atom. The molecule has 0 saturated heterocycles. The van der Waals surface area contributed by atoms with Crippen LogP contribution in [-0.2, 0) is 25.7 Å². The molecule has 2 rings (SSSR count). The second kappa shape index (κ2) is 25.9. The van der Waals surface area contributed by atoms with Gasteiger partial charge in [0.25, 0.3) is 0 Å². The third-order valence-corrected chi connectivity index (χ3v) is 9.34. The highest BCUT2D eigenvalue weighted by Crippen LogP contribution is 2.37. The fourth-order valence-electron chi connectivity index (χ4n) is 6.40. The highest BCUT2D eigenvalue weighted by molar-refractivity contribution is 7.39. The summed E-state index contributed by atoms with van der Waals surface area (Å²) in [5, 5.41) is 0. The number of unbranched alkanes of at least 4 members (excludes halogenated alkanes) is 18. The number of hydrogen-bond acceptors (Lipinski definition) is 3. The van der Waals surface area contributed by atoms with Gasteiger partial charge in [-0.2, -0.15) is 0 Å². The van der Waals surface area contributed by atoms with Gasteiger partial charge in [0.15, 0.2) is 0 Å². The minimum atomic E-state index is -2.41. The van der Waals surface area contributed by atoms with E-state index >= 15 is 0 Å². The van der Waals surface area contributed by atoms with E-state index in [1.165, 1.54) is 157 Å². The minimum absolute atomic E-state index is 0.707. The lowest BCUT2D eigenvalue weighted by molar-refractivity contribution is 0.372. The molecular weight excluding hydrogens is 547 g/mol. The highest BCUT2D eigenvalue weighted by atomic mass is 31.2. The van der Waals surface area contributed by atoms with Crippen molar-refractivity contribution in [1.29, 1.82) is 0 Å². The molecule has 2 N–H and O–H groups in total. The van der Waals surface area contributed by atoms with E-state index in [4.69, 9.17) is 4.52 Å². The van der Waals surface area contributed by atoms with Crippen LogP contribution in [0.2, 0.25) is 0 Å². The normalized spacial score (nSPS) is 11.5. The van der Waals surface area contributed by atoms with E-state index in [1.807, 2.05) is 6.07 Å². The van der Waals surface area contributed by atoms with Crippen LogP contribution in [0.25, 0.3) is 0 Å². The van der Waals surface area contributed by atoms with Gasteiger partial charge in [-0.15, -0.1) is 0 Å². The summed E-state index contributed by atoms with van der Waals surface area (Å²) in [5.74, 6) is 0.707. The fraction of sp³-hybridized carbons (Fsp3) is 0.692. The van der Waals surface area contributed by atoms with Crippen molar-refractivity contribution in [3.63, 3.8) is 0 Å². The van der Waals surface area contributed by atoms with Crippen LogP contribution in [0.5, 0.6) is 5.75 Å². The summed E-state index contributed by atoms with van der Waals surface area (Å²) in [6, 6.07) is 15.1. The molecule has 0 unspecified atom stereocenters. The summed E-state index contributed by atoms with van der Waals surface area (Å²) in [4.78, 5) is 19.5. The van der Waals surface area contributed by atoms with Crippen LogP contribution in [-0.4, -0.2) is 9.79 Å². The maximum Gasteiger partial charge on any atom is 0.391 e. The Morgan fingerprint density at radius 3 is 1.42 bits per heavy atom. The SMILES string of the molecule is CCCCCCCCCc1ccc(OP(O)O)c(CCCCCCCCCc2ccccc2)c1CCCCCCCCC. The average molecular weight is 613 g/mol. The number of rotatable bonds is 28. The number of aryl methyl sites for hydroxylation is 2. The summed E-state index contributed by atoms with van der Waals surface area (Å²) in [6.07, 6.45) is 31.7. The van der Waals surface area contributed by atoms with E-state index < -0.39 is 8.60 Å². The lowest BCUT2D eigenvalue weighted by atomic mass is 9.89. The van der Waals surface area contributed by atoms with Crippen molar-refractivity contribution in [2.75, 3.05) is 0 Å². The van der Waals surface area contributed by atoms with Crippen LogP contribution in [0.1, 0.15) is 171 Å². The van der Waals surface area contributed by atoms with Crippen molar-refractivity contribution in [2.24, 2.45) is 0 Å². The molecule has 4 heteroatoms. The van der Waals surface area contributed by atoms with E-state index in [0.29, 0.717) is 5.75 Å². The van der Waals surface area contributed by atoms with Gasteiger partial charge >= 0.3 is 8.60 Å². The van der Waals surface area contributed by atoms with Crippen LogP contribution in [0.15, 0.2) is 42.5 Å². The Morgan fingerprint density at radius 2 is 0.907 bits per heavy atom. The molecule has 0 aliphatic carbocycles. The Kier molecular flexibility index (Phi) is 22.7. The predicted molar refractivity (Wildman–Crippen MR) is 188 cm³/mol. The van der Waals surface area contributed by atoms with Crippen LogP contribution < -0.4 is 4.52 Å². The first-order chi connectivity index (χ1) is 21.2. The molecule has 0 aliphatic rings. The Hall–Kier alpha value is -1.41. The summed E-state index contributed by atoms with van der Waals surface area (Å²) in [6.45, 7) is 4.56. The summed E-state index contributed by atoms with van der Waals surface area (Å²) >= 11 is 0. The first-order valence-electron chi connectivity index (χ1n) is 18.2. The largest absolute Gasteiger partial charge is 0.427 e. The highest BCUT2D eigenvalue weighted by Gasteiger charge is 2.17. The monoisotopic (exact) mass is 612 g/mol. The molecule has 0 radical (unpaired) electrons. The molecule has 0 fully saturated rings. The molecule has 0 spiro atoms. The van der Waals surface area contributed by atoms with Crippen LogP contribution in [0.3, 0.4) is 0 Å². The van der Waals surface area contributed by atoms with Crippen molar-refractivity contribution < 1.29 is 14.3 Å². The fourth-order valence-corrected chi connectivity index (χ4v) is 6.75. The van der Waals surface area contributed by atoms with Gasteiger partial charge in [0.05, 0.1) is 0 Å². The topological polar surface area (TPSA) is 49.7 Å². The first-order valence-corrected chi connectivity index (χ1v) is 19.4. The lowest BCUT2D eigenvalue weighted by Gasteiger charge is -2.20. The zero-order valence-corrected chi connectivity index (χ0v) is 28.9. The van der Waals surface area contributed by atoms with Crippen LogP contribution >= 0.6 is 8.60 Å². The van der Waals surface area contributed by atoms with Crippen molar-refractivity contribution in [3.8, 4) is 5.75 Å². The van der Waals surface area contributed by atoms with Gasteiger partial charge in [0.2, 0.25) is 0 Å². The smallest absolute Gasteiger partial charge is 0.391 e. The molecular formula is C39H65O3P. The third kappa shape index (κ3) is 18.2. The minimum Gasteiger partial charge on any atom is -0.427 e. The second-order valence-corrected chi connectivity index (χ2v) is 13.4. The van der Waals surface area contributed by atoms with Crippen molar-refractivity contribution >= 4 is 8.60 Å². The van der Waals surface area contributed by atoms with E-state index in [2.05, 4.69) is 50.2 Å². The van der Waals surface area contributed by atoms with Gasteiger partial charge in [-0.3, -0.25) is 0 Å². The van der Waals surface area contributed by atoms with Crippen molar-refractivity contribution in [2.45, 2.75) is 174 Å². The van der Waals surface area contributed by atoms with Gasteiger partial charge in [-0.05, 0) is 79.7 Å². The molecule has 0 bridgehead atoms. The van der Waals surface area contributed by atoms with Crippen LogP contribution in [0, 0.1) is 0 Å². The molecule has 43 heavy (non-hydrogen) atoms. The van der Waals surface area contributed by atoms with Gasteiger partial charge in [0.1, 0.15) is 5.75 Å². The zero-order valence-electron chi connectivity index (χ0n) is 28.0. The maximum atomic E-state index is 9.75. The average Bonchev–Trinajstić information content (AvgIpc) is 3.01. The predicted octanol–water partition coefficient (Wildman–Crippen LogP) is 12.4. The molecule has 3 nitrogen and oxygen atoms in total. The third-order valence-electron chi connectivity index (χ3n) is 8.98. The van der Waals surface area contributed by atoms with E-state index in [0.717, 1.165) is 25.7 Å². The molecule has 0 heterocycles. The molecule has 244 valence electrons. The molecule has 0 aromatic heterocycles. The number of benzene rings is 2. The van der Waals surface area contributed by atoms with Gasteiger partial charge < -0.3 is 14.3 Å². The lowest BCUT2D eigenvalue weighted by Crippen LogP contribution is -2.05. The van der Waals surface area contributed by atoms with E-state index in [1.54, 1.807) is 0 Å². The standard InChI is InChI=1S/C39H65O3P/c1-3-5-7-9-12-17-24-30-36-33-34-39(42-43(40)41)38(37(36)31-25-18-13-10-8-6-4-2)32-26-19-15-11-14-16-21-27-35-28-22-20-23-29-35/h20,22-23,28-29,33-34,40-41H,3-19,21,24-27,30-32H2,1-2H3. The zero-order chi connectivity index (χ0) is 30.8. The maximum absolute atomic E-state index is 9.75. The summed E-state index contributed by atoms with van der Waals surface area (Å²) < 4.78 is 5.63. The van der Waals surface area contributed by atoms with Crippen molar-refractivity contribution in [3.05, 3.63) is 64.7 Å². The van der Waals surface area contributed by atoms with E-state index in [-0.39, 0.29) is 0 Å². The van der Waals surface area contributed by atoms with Crippen LogP contribution in [0.4, 0.5) is 0 Å². The second-order valence-electron chi connectivity index (χ2n) is 12.7. The molecule has 2 aromatic carbocycles. The first kappa shape index (κ1) is 37.8. The van der Waals surface area contributed by atoms with Gasteiger partial charge in [-0.25, -0.2) is 0 Å². The molecule has 0 amide bonds. The van der Waals surface area contributed by atoms with Gasteiger partial charge in [0, 0.05) is 0 Å². The number of hydrogen-bond donors (Lipinski definition) is 2. The molecule has 2 aromatic rings. The quantitative estimate of drug-likeness (QED) is 0.0742.